The largest absolute Gasteiger partial charge is 0.389 e. The molecular weight excluding hydrogens is 227 g/mol. The van der Waals surface area contributed by atoms with Crippen LogP contribution in [0, 0.1) is 5.92 Å². The zero-order valence-electron chi connectivity index (χ0n) is 10.7. The molecule has 2 unspecified atom stereocenters. The Kier molecular flexibility index (Phi) is 6.31. The van der Waals surface area contributed by atoms with Crippen LogP contribution in [0.4, 0.5) is 13.2 Å². The van der Waals surface area contributed by atoms with E-state index in [1.165, 1.54) is 32.1 Å². The van der Waals surface area contributed by atoms with Crippen LogP contribution in [0.5, 0.6) is 0 Å². The molecule has 1 aliphatic carbocycles. The third kappa shape index (κ3) is 6.29. The lowest BCUT2D eigenvalue weighted by Crippen LogP contribution is -2.38. The Morgan fingerprint density at radius 1 is 1.12 bits per heavy atom. The lowest BCUT2D eigenvalue weighted by Gasteiger charge is -2.31. The molecule has 4 heteroatoms. The Morgan fingerprint density at radius 2 is 1.82 bits per heavy atom. The summed E-state index contributed by atoms with van der Waals surface area (Å²) in [6.45, 7) is 2.94. The number of rotatable bonds is 6. The lowest BCUT2D eigenvalue weighted by molar-refractivity contribution is -0.135. The first-order valence-electron chi connectivity index (χ1n) is 6.83. The van der Waals surface area contributed by atoms with Gasteiger partial charge in [0.05, 0.1) is 0 Å². The fraction of sp³-hybridized carbons (Fsp3) is 1.00. The van der Waals surface area contributed by atoms with Crippen molar-refractivity contribution in [3.8, 4) is 0 Å². The molecule has 0 amide bonds. The Morgan fingerprint density at radius 3 is 2.47 bits per heavy atom. The number of unbranched alkanes of at least 4 members (excludes halogenated alkanes) is 1. The molecule has 0 heterocycles. The maximum atomic E-state index is 11.9. The normalized spacial score (nSPS) is 26.1. The third-order valence-electron chi connectivity index (χ3n) is 3.73. The maximum absolute atomic E-state index is 11.9. The molecule has 0 bridgehead atoms. The number of nitrogens with one attached hydrogen (secondary N) is 1. The summed E-state index contributed by atoms with van der Waals surface area (Å²) in [6.07, 6.45) is 2.47. The van der Waals surface area contributed by atoms with Crippen LogP contribution in [0.2, 0.25) is 0 Å². The molecule has 0 saturated heterocycles. The highest BCUT2D eigenvalue weighted by Crippen LogP contribution is 2.27. The average Bonchev–Trinajstić information content (AvgIpc) is 2.27. The van der Waals surface area contributed by atoms with Crippen LogP contribution < -0.4 is 5.32 Å². The van der Waals surface area contributed by atoms with E-state index < -0.39 is 12.6 Å². The van der Waals surface area contributed by atoms with Crippen LogP contribution in [-0.4, -0.2) is 18.8 Å². The highest BCUT2D eigenvalue weighted by Gasteiger charge is 2.26. The third-order valence-corrected chi connectivity index (χ3v) is 3.73. The van der Waals surface area contributed by atoms with Crippen molar-refractivity contribution in [3.63, 3.8) is 0 Å². The van der Waals surface area contributed by atoms with Crippen molar-refractivity contribution in [1.82, 2.24) is 5.32 Å². The fourth-order valence-corrected chi connectivity index (χ4v) is 2.70. The summed E-state index contributed by atoms with van der Waals surface area (Å²) in [5.74, 6) is 0.728. The molecule has 0 aromatic heterocycles. The summed E-state index contributed by atoms with van der Waals surface area (Å²) in [5, 5.41) is 3.44. The summed E-state index contributed by atoms with van der Waals surface area (Å²) in [4.78, 5) is 0. The Bertz CT molecular complexity index is 203. The van der Waals surface area contributed by atoms with E-state index in [0.717, 1.165) is 12.5 Å². The smallest absolute Gasteiger partial charge is 0.314 e. The van der Waals surface area contributed by atoms with Gasteiger partial charge in [0.25, 0.3) is 0 Å². The van der Waals surface area contributed by atoms with E-state index in [-0.39, 0.29) is 6.42 Å². The minimum atomic E-state index is -3.99. The monoisotopic (exact) mass is 251 g/mol. The lowest BCUT2D eigenvalue weighted by atomic mass is 9.83. The zero-order chi connectivity index (χ0) is 12.7. The van der Waals surface area contributed by atoms with E-state index in [4.69, 9.17) is 0 Å². The van der Waals surface area contributed by atoms with E-state index in [1.54, 1.807) is 0 Å². The number of halogens is 3. The maximum Gasteiger partial charge on any atom is 0.389 e. The molecule has 102 valence electrons. The molecule has 1 N–H and O–H groups in total. The van der Waals surface area contributed by atoms with Gasteiger partial charge in [-0.1, -0.05) is 26.2 Å². The van der Waals surface area contributed by atoms with Crippen molar-refractivity contribution in [3.05, 3.63) is 0 Å². The topological polar surface area (TPSA) is 12.0 Å². The van der Waals surface area contributed by atoms with Gasteiger partial charge in [-0.25, -0.2) is 0 Å². The predicted octanol–water partition coefficient (Wildman–Crippen LogP) is 4.28. The molecular formula is C13H24F3N. The SMILES string of the molecule is CCC1CCCCC1NCCCCC(F)(F)F. The molecule has 17 heavy (non-hydrogen) atoms. The summed E-state index contributed by atoms with van der Waals surface area (Å²) in [6, 6.07) is 0.541. The molecule has 0 aromatic rings. The van der Waals surface area contributed by atoms with Crippen molar-refractivity contribution >= 4 is 0 Å². The first kappa shape index (κ1) is 14.8. The van der Waals surface area contributed by atoms with Gasteiger partial charge in [-0.3, -0.25) is 0 Å². The van der Waals surface area contributed by atoms with Gasteiger partial charge in [-0.05, 0) is 38.1 Å². The summed E-state index contributed by atoms with van der Waals surface area (Å²) >= 11 is 0. The van der Waals surface area contributed by atoms with Gasteiger partial charge in [0.2, 0.25) is 0 Å². The number of hydrogen-bond donors (Lipinski definition) is 1. The van der Waals surface area contributed by atoms with Crippen molar-refractivity contribution in [2.75, 3.05) is 6.54 Å². The van der Waals surface area contributed by atoms with Crippen molar-refractivity contribution in [1.29, 1.82) is 0 Å². The second-order valence-corrected chi connectivity index (χ2v) is 5.09. The summed E-state index contributed by atoms with van der Waals surface area (Å²) < 4.78 is 35.8. The van der Waals surface area contributed by atoms with E-state index >= 15 is 0 Å². The standard InChI is InChI=1S/C13H24F3N/c1-2-11-7-3-4-8-12(11)17-10-6-5-9-13(14,15)16/h11-12,17H,2-10H2,1H3. The molecule has 1 fully saturated rings. The van der Waals surface area contributed by atoms with E-state index in [1.807, 2.05) is 0 Å². The minimum Gasteiger partial charge on any atom is -0.314 e. The molecule has 1 nitrogen and oxygen atoms in total. The molecule has 0 radical (unpaired) electrons. The van der Waals surface area contributed by atoms with E-state index in [9.17, 15) is 13.2 Å². The number of alkyl halides is 3. The molecule has 1 saturated carbocycles. The van der Waals surface area contributed by atoms with Gasteiger partial charge in [0.1, 0.15) is 0 Å². The van der Waals surface area contributed by atoms with Gasteiger partial charge in [0, 0.05) is 12.5 Å². The predicted molar refractivity (Wildman–Crippen MR) is 63.9 cm³/mol. The quantitative estimate of drug-likeness (QED) is 0.695. The molecule has 0 spiro atoms. The van der Waals surface area contributed by atoms with Crippen molar-refractivity contribution in [2.45, 2.75) is 70.5 Å². The summed E-state index contributed by atoms with van der Waals surface area (Å²) in [5.41, 5.74) is 0. The molecule has 0 aliphatic heterocycles. The fourth-order valence-electron chi connectivity index (χ4n) is 2.70. The van der Waals surface area contributed by atoms with Crippen LogP contribution in [0.3, 0.4) is 0 Å². The Balaban J connectivity index is 2.08. The highest BCUT2D eigenvalue weighted by atomic mass is 19.4. The highest BCUT2D eigenvalue weighted by molar-refractivity contribution is 4.79. The Hall–Kier alpha value is -0.250. The van der Waals surface area contributed by atoms with Gasteiger partial charge >= 0.3 is 6.18 Å². The Labute approximate surface area is 102 Å². The molecule has 0 aromatic carbocycles. The van der Waals surface area contributed by atoms with Crippen LogP contribution >= 0.6 is 0 Å². The van der Waals surface area contributed by atoms with Crippen LogP contribution in [0.1, 0.15) is 58.3 Å². The second-order valence-electron chi connectivity index (χ2n) is 5.09. The van der Waals surface area contributed by atoms with Gasteiger partial charge in [-0.15, -0.1) is 0 Å². The van der Waals surface area contributed by atoms with Crippen LogP contribution in [0.15, 0.2) is 0 Å². The van der Waals surface area contributed by atoms with Gasteiger partial charge in [0.15, 0.2) is 0 Å². The minimum absolute atomic E-state index is 0.250. The second kappa shape index (κ2) is 7.24. The van der Waals surface area contributed by atoms with E-state index in [0.29, 0.717) is 12.5 Å². The number of hydrogen-bond acceptors (Lipinski definition) is 1. The summed E-state index contributed by atoms with van der Waals surface area (Å²) in [7, 11) is 0. The van der Waals surface area contributed by atoms with Crippen LogP contribution in [0.25, 0.3) is 0 Å². The molecule has 1 rings (SSSR count). The zero-order valence-corrected chi connectivity index (χ0v) is 10.7. The van der Waals surface area contributed by atoms with Crippen molar-refractivity contribution < 1.29 is 13.2 Å². The van der Waals surface area contributed by atoms with E-state index in [2.05, 4.69) is 12.2 Å². The molecule has 1 aliphatic rings. The average molecular weight is 251 g/mol. The van der Waals surface area contributed by atoms with Crippen molar-refractivity contribution in [2.24, 2.45) is 5.92 Å². The van der Waals surface area contributed by atoms with Crippen LogP contribution in [-0.2, 0) is 0 Å². The van der Waals surface area contributed by atoms with Gasteiger partial charge < -0.3 is 5.32 Å². The first-order chi connectivity index (χ1) is 8.03. The molecule has 2 atom stereocenters. The van der Waals surface area contributed by atoms with Gasteiger partial charge in [-0.2, -0.15) is 13.2 Å². The first-order valence-corrected chi connectivity index (χ1v) is 6.83.